The van der Waals surface area contributed by atoms with Crippen LogP contribution in [0.4, 0.5) is 0 Å². The van der Waals surface area contributed by atoms with Crippen LogP contribution >= 0.6 is 23.1 Å². The van der Waals surface area contributed by atoms with Gasteiger partial charge in [-0.05, 0) is 32.1 Å². The highest BCUT2D eigenvalue weighted by molar-refractivity contribution is 7.98. The van der Waals surface area contributed by atoms with Crippen molar-refractivity contribution in [2.45, 2.75) is 38.4 Å². The third kappa shape index (κ3) is 4.36. The van der Waals surface area contributed by atoms with E-state index >= 15 is 0 Å². The van der Waals surface area contributed by atoms with Crippen molar-refractivity contribution in [2.24, 2.45) is 0 Å². The Morgan fingerprint density at radius 2 is 1.97 bits per heavy atom. The molecule has 0 aliphatic rings. The minimum atomic E-state index is -0.00782. The molecule has 0 spiro atoms. The molecule has 0 aliphatic heterocycles. The molecule has 0 radical (unpaired) electrons. The molecule has 0 unspecified atom stereocenters. The van der Waals surface area contributed by atoms with Crippen LogP contribution < -0.4 is 5.32 Å². The molecule has 154 valence electrons. The van der Waals surface area contributed by atoms with Crippen molar-refractivity contribution in [1.29, 1.82) is 0 Å². The zero-order valence-electron chi connectivity index (χ0n) is 17.0. The number of benzene rings is 1. The van der Waals surface area contributed by atoms with E-state index in [4.69, 9.17) is 0 Å². The summed E-state index contributed by atoms with van der Waals surface area (Å²) in [6, 6.07) is 10.0. The monoisotopic (exact) mass is 438 g/mol. The van der Waals surface area contributed by atoms with Gasteiger partial charge in [-0.2, -0.15) is 4.98 Å². The molecule has 3 heterocycles. The number of rotatable bonds is 7. The summed E-state index contributed by atoms with van der Waals surface area (Å²) in [6.07, 6.45) is 2.93. The Bertz CT molecular complexity index is 1190. The SMILES string of the molecule is CSc1nc2nc(C)c(CCC(=O)NCc3csc(-c4ccccc4)n3)c(C)n2n1. The number of hydrogen-bond acceptors (Lipinski definition) is 7. The van der Waals surface area contributed by atoms with E-state index in [0.29, 0.717) is 30.3 Å². The van der Waals surface area contributed by atoms with Gasteiger partial charge in [0.25, 0.3) is 5.78 Å². The van der Waals surface area contributed by atoms with Crippen LogP contribution in [-0.4, -0.2) is 36.7 Å². The van der Waals surface area contributed by atoms with Crippen molar-refractivity contribution < 1.29 is 4.79 Å². The molecule has 0 saturated carbocycles. The van der Waals surface area contributed by atoms with E-state index < -0.39 is 0 Å². The summed E-state index contributed by atoms with van der Waals surface area (Å²) in [6.45, 7) is 4.37. The molecule has 1 N–H and O–H groups in total. The third-order valence-corrected chi connectivity index (χ3v) is 6.33. The molecule has 3 aromatic heterocycles. The largest absolute Gasteiger partial charge is 0.350 e. The van der Waals surface area contributed by atoms with Crippen LogP contribution in [-0.2, 0) is 17.8 Å². The lowest BCUT2D eigenvalue weighted by Crippen LogP contribution is -2.23. The van der Waals surface area contributed by atoms with Crippen LogP contribution in [0.3, 0.4) is 0 Å². The lowest BCUT2D eigenvalue weighted by molar-refractivity contribution is -0.121. The lowest BCUT2D eigenvalue weighted by atomic mass is 10.1. The van der Waals surface area contributed by atoms with Gasteiger partial charge in [-0.3, -0.25) is 4.79 Å². The maximum Gasteiger partial charge on any atom is 0.253 e. The van der Waals surface area contributed by atoms with E-state index in [1.807, 2.05) is 55.8 Å². The first-order chi connectivity index (χ1) is 14.5. The number of aromatic nitrogens is 5. The van der Waals surface area contributed by atoms with Crippen LogP contribution in [0.2, 0.25) is 0 Å². The first-order valence-electron chi connectivity index (χ1n) is 9.58. The molecule has 1 aromatic carbocycles. The summed E-state index contributed by atoms with van der Waals surface area (Å²) in [5.41, 5.74) is 4.86. The van der Waals surface area contributed by atoms with Crippen molar-refractivity contribution in [1.82, 2.24) is 29.9 Å². The number of nitrogens with zero attached hydrogens (tertiary/aromatic N) is 5. The molecular weight excluding hydrogens is 416 g/mol. The number of thioether (sulfide) groups is 1. The molecular formula is C21H22N6OS2. The van der Waals surface area contributed by atoms with Crippen molar-refractivity contribution in [3.05, 3.63) is 58.4 Å². The van der Waals surface area contributed by atoms with Crippen LogP contribution in [0.1, 0.15) is 29.1 Å². The molecule has 4 rings (SSSR count). The summed E-state index contributed by atoms with van der Waals surface area (Å²) in [5, 5.41) is 11.1. The van der Waals surface area contributed by atoms with Crippen molar-refractivity contribution in [2.75, 3.05) is 6.26 Å². The predicted octanol–water partition coefficient (Wildman–Crippen LogP) is 3.84. The summed E-state index contributed by atoms with van der Waals surface area (Å²) >= 11 is 3.07. The van der Waals surface area contributed by atoms with Crippen LogP contribution in [0.15, 0.2) is 40.9 Å². The van der Waals surface area contributed by atoms with Crippen molar-refractivity contribution >= 4 is 34.8 Å². The smallest absolute Gasteiger partial charge is 0.253 e. The Morgan fingerprint density at radius 1 is 1.17 bits per heavy atom. The van der Waals surface area contributed by atoms with E-state index in [9.17, 15) is 4.79 Å². The first-order valence-corrected chi connectivity index (χ1v) is 11.7. The fraction of sp³-hybridized carbons (Fsp3) is 0.286. The maximum atomic E-state index is 12.4. The van der Waals surface area contributed by atoms with E-state index in [1.165, 1.54) is 11.8 Å². The van der Waals surface area contributed by atoms with Gasteiger partial charge in [0.1, 0.15) is 5.01 Å². The Kier molecular flexibility index (Phi) is 6.10. The van der Waals surface area contributed by atoms with Crippen molar-refractivity contribution in [3.63, 3.8) is 0 Å². The van der Waals surface area contributed by atoms with E-state index in [0.717, 1.165) is 33.2 Å². The average Bonchev–Trinajstić information content (AvgIpc) is 3.40. The lowest BCUT2D eigenvalue weighted by Gasteiger charge is -2.10. The summed E-state index contributed by atoms with van der Waals surface area (Å²) in [7, 11) is 0. The van der Waals surface area contributed by atoms with Crippen LogP contribution in [0, 0.1) is 13.8 Å². The summed E-state index contributed by atoms with van der Waals surface area (Å²) in [5.74, 6) is 0.590. The number of fused-ring (bicyclic) bond motifs is 1. The van der Waals surface area contributed by atoms with Crippen LogP contribution in [0.25, 0.3) is 16.3 Å². The van der Waals surface area contributed by atoms with E-state index in [-0.39, 0.29) is 5.91 Å². The number of hydrogen-bond donors (Lipinski definition) is 1. The zero-order chi connectivity index (χ0) is 21.1. The van der Waals surface area contributed by atoms with E-state index in [2.05, 4.69) is 25.4 Å². The van der Waals surface area contributed by atoms with E-state index in [1.54, 1.807) is 15.9 Å². The quantitative estimate of drug-likeness (QED) is 0.441. The van der Waals surface area contributed by atoms with Gasteiger partial charge in [0.15, 0.2) is 0 Å². The van der Waals surface area contributed by atoms with Crippen LogP contribution in [0.5, 0.6) is 0 Å². The number of thiazole rings is 1. The minimum Gasteiger partial charge on any atom is -0.350 e. The number of amides is 1. The minimum absolute atomic E-state index is 0.00782. The van der Waals surface area contributed by atoms with Crippen molar-refractivity contribution in [3.8, 4) is 10.6 Å². The summed E-state index contributed by atoms with van der Waals surface area (Å²) in [4.78, 5) is 26.0. The second-order valence-electron chi connectivity index (χ2n) is 6.86. The Labute approximate surface area is 183 Å². The predicted molar refractivity (Wildman–Crippen MR) is 120 cm³/mol. The zero-order valence-corrected chi connectivity index (χ0v) is 18.7. The molecule has 9 heteroatoms. The maximum absolute atomic E-state index is 12.4. The normalized spacial score (nSPS) is 11.2. The number of nitrogens with one attached hydrogen (secondary N) is 1. The molecule has 30 heavy (non-hydrogen) atoms. The van der Waals surface area contributed by atoms with Gasteiger partial charge in [0.2, 0.25) is 11.1 Å². The van der Waals surface area contributed by atoms with Gasteiger partial charge >= 0.3 is 0 Å². The fourth-order valence-corrected chi connectivity index (χ4v) is 4.42. The molecule has 0 bridgehead atoms. The number of carbonyl (C=O) groups is 1. The fourth-order valence-electron chi connectivity index (χ4n) is 3.26. The molecule has 0 saturated heterocycles. The highest BCUT2D eigenvalue weighted by Gasteiger charge is 2.14. The Morgan fingerprint density at radius 3 is 2.73 bits per heavy atom. The molecule has 0 fully saturated rings. The molecule has 1 amide bonds. The second-order valence-corrected chi connectivity index (χ2v) is 8.49. The topological polar surface area (TPSA) is 85.1 Å². The van der Waals surface area contributed by atoms with Gasteiger partial charge in [-0.25, -0.2) is 14.5 Å². The molecule has 4 aromatic rings. The number of carbonyl (C=O) groups excluding carboxylic acids is 1. The Balaban J connectivity index is 1.37. The standard InChI is InChI=1S/C21H22N6OS2/c1-13-17(14(2)27-20(23-13)25-21(26-27)29-3)9-10-18(28)22-11-16-12-30-19(24-16)15-7-5-4-6-8-15/h4-8,12H,9-11H2,1-3H3,(H,22,28). The summed E-state index contributed by atoms with van der Waals surface area (Å²) < 4.78 is 1.76. The molecule has 0 aliphatic carbocycles. The third-order valence-electron chi connectivity index (χ3n) is 4.85. The van der Waals surface area contributed by atoms with Gasteiger partial charge < -0.3 is 5.32 Å². The molecule has 0 atom stereocenters. The second kappa shape index (κ2) is 8.93. The van der Waals surface area contributed by atoms with Gasteiger partial charge in [-0.1, -0.05) is 42.1 Å². The highest BCUT2D eigenvalue weighted by atomic mass is 32.2. The first kappa shape index (κ1) is 20.5. The van der Waals surface area contributed by atoms with Gasteiger partial charge in [0, 0.05) is 28.8 Å². The van der Waals surface area contributed by atoms with Gasteiger partial charge in [0.05, 0.1) is 12.2 Å². The highest BCUT2D eigenvalue weighted by Crippen LogP contribution is 2.23. The average molecular weight is 439 g/mol. The molecule has 7 nitrogen and oxygen atoms in total. The Hall–Kier alpha value is -2.78. The van der Waals surface area contributed by atoms with Gasteiger partial charge in [-0.15, -0.1) is 16.4 Å². The number of aryl methyl sites for hydroxylation is 2.